The maximum Gasteiger partial charge on any atom is 0.0110 e. The van der Waals surface area contributed by atoms with Gasteiger partial charge in [0.25, 0.3) is 0 Å². The number of rotatable bonds is 2. The van der Waals surface area contributed by atoms with Crippen molar-refractivity contribution in [2.45, 2.75) is 32.6 Å². The molecule has 0 aromatic carbocycles. The molecule has 1 saturated carbocycles. The standard InChI is InChI=1S/C13H26N2/c1-12-3-5-13(6-4-12)11-15-9-7-14(2)8-10-15/h12-13H,3-11H2,1-2H3/t12-,13-. The summed E-state index contributed by atoms with van der Waals surface area (Å²) in [5.74, 6) is 2.00. The van der Waals surface area contributed by atoms with Gasteiger partial charge in [0.2, 0.25) is 0 Å². The molecule has 0 aromatic rings. The number of likely N-dealkylation sites (N-methyl/N-ethyl adjacent to an activating group) is 1. The van der Waals surface area contributed by atoms with Gasteiger partial charge in [-0.05, 0) is 31.7 Å². The molecule has 0 spiro atoms. The highest BCUT2D eigenvalue weighted by atomic mass is 15.2. The Bertz CT molecular complexity index is 157. The monoisotopic (exact) mass is 210 g/mol. The topological polar surface area (TPSA) is 6.48 Å². The van der Waals surface area contributed by atoms with Crippen molar-refractivity contribution in [1.29, 1.82) is 0 Å². The summed E-state index contributed by atoms with van der Waals surface area (Å²) < 4.78 is 0. The smallest absolute Gasteiger partial charge is 0.0110 e. The van der Waals surface area contributed by atoms with Crippen molar-refractivity contribution in [3.05, 3.63) is 0 Å². The first-order chi connectivity index (χ1) is 7.24. The summed E-state index contributed by atoms with van der Waals surface area (Å²) in [6.07, 6.45) is 5.90. The Morgan fingerprint density at radius 1 is 0.933 bits per heavy atom. The van der Waals surface area contributed by atoms with Gasteiger partial charge in [0, 0.05) is 32.7 Å². The van der Waals surface area contributed by atoms with Crippen LogP contribution in [0.3, 0.4) is 0 Å². The number of nitrogens with zero attached hydrogens (tertiary/aromatic N) is 2. The average Bonchev–Trinajstić information content (AvgIpc) is 2.25. The Morgan fingerprint density at radius 3 is 2.13 bits per heavy atom. The van der Waals surface area contributed by atoms with Gasteiger partial charge in [-0.25, -0.2) is 0 Å². The summed E-state index contributed by atoms with van der Waals surface area (Å²) in [5, 5.41) is 0. The molecule has 15 heavy (non-hydrogen) atoms. The Morgan fingerprint density at radius 2 is 1.53 bits per heavy atom. The summed E-state index contributed by atoms with van der Waals surface area (Å²) in [4.78, 5) is 5.13. The van der Waals surface area contributed by atoms with Crippen molar-refractivity contribution in [2.75, 3.05) is 39.8 Å². The second kappa shape index (κ2) is 5.31. The molecule has 0 bridgehead atoms. The predicted molar refractivity (Wildman–Crippen MR) is 65.1 cm³/mol. The molecule has 1 aliphatic carbocycles. The lowest BCUT2D eigenvalue weighted by Gasteiger charge is -2.36. The lowest BCUT2D eigenvalue weighted by atomic mass is 9.83. The van der Waals surface area contributed by atoms with Crippen molar-refractivity contribution >= 4 is 0 Å². The van der Waals surface area contributed by atoms with Crippen molar-refractivity contribution in [3.8, 4) is 0 Å². The van der Waals surface area contributed by atoms with Crippen LogP contribution >= 0.6 is 0 Å². The van der Waals surface area contributed by atoms with Crippen LogP contribution in [-0.4, -0.2) is 49.6 Å². The van der Waals surface area contributed by atoms with E-state index in [9.17, 15) is 0 Å². The normalized spacial score (nSPS) is 35.6. The first-order valence-electron chi connectivity index (χ1n) is 6.65. The van der Waals surface area contributed by atoms with Crippen LogP contribution in [0.5, 0.6) is 0 Å². The first kappa shape index (κ1) is 11.4. The van der Waals surface area contributed by atoms with E-state index >= 15 is 0 Å². The van der Waals surface area contributed by atoms with Gasteiger partial charge in [-0.1, -0.05) is 19.8 Å². The summed E-state index contributed by atoms with van der Waals surface area (Å²) in [7, 11) is 2.24. The molecule has 1 aliphatic heterocycles. The van der Waals surface area contributed by atoms with Gasteiger partial charge in [-0.2, -0.15) is 0 Å². The third-order valence-electron chi connectivity index (χ3n) is 4.25. The molecule has 2 nitrogen and oxygen atoms in total. The number of hydrogen-bond acceptors (Lipinski definition) is 2. The van der Waals surface area contributed by atoms with Gasteiger partial charge in [0.15, 0.2) is 0 Å². The molecule has 1 heterocycles. The second-order valence-corrected chi connectivity index (χ2v) is 5.73. The van der Waals surface area contributed by atoms with Crippen LogP contribution < -0.4 is 0 Å². The number of hydrogen-bond donors (Lipinski definition) is 0. The van der Waals surface area contributed by atoms with Crippen molar-refractivity contribution in [2.24, 2.45) is 11.8 Å². The maximum absolute atomic E-state index is 2.68. The largest absolute Gasteiger partial charge is 0.304 e. The van der Waals surface area contributed by atoms with E-state index in [0.29, 0.717) is 0 Å². The van der Waals surface area contributed by atoms with Crippen molar-refractivity contribution in [1.82, 2.24) is 9.80 Å². The van der Waals surface area contributed by atoms with E-state index in [1.165, 1.54) is 58.4 Å². The van der Waals surface area contributed by atoms with Crippen molar-refractivity contribution < 1.29 is 0 Å². The molecule has 2 heteroatoms. The Labute approximate surface area is 94.6 Å². The highest BCUT2D eigenvalue weighted by Gasteiger charge is 2.22. The summed E-state index contributed by atoms with van der Waals surface area (Å²) in [6, 6.07) is 0. The zero-order valence-electron chi connectivity index (χ0n) is 10.4. The highest BCUT2D eigenvalue weighted by Crippen LogP contribution is 2.28. The molecule has 0 amide bonds. The molecule has 88 valence electrons. The Kier molecular flexibility index (Phi) is 4.04. The average molecular weight is 210 g/mol. The minimum Gasteiger partial charge on any atom is -0.304 e. The molecule has 0 N–H and O–H groups in total. The molecule has 2 aliphatic rings. The molecular formula is C13H26N2. The van der Waals surface area contributed by atoms with Crippen LogP contribution in [0.4, 0.5) is 0 Å². The van der Waals surface area contributed by atoms with Gasteiger partial charge in [-0.15, -0.1) is 0 Å². The van der Waals surface area contributed by atoms with Gasteiger partial charge >= 0.3 is 0 Å². The lowest BCUT2D eigenvalue weighted by molar-refractivity contribution is 0.120. The molecular weight excluding hydrogens is 184 g/mol. The van der Waals surface area contributed by atoms with E-state index in [1.54, 1.807) is 0 Å². The van der Waals surface area contributed by atoms with Gasteiger partial charge in [-0.3, -0.25) is 0 Å². The minimum absolute atomic E-state index is 0.994. The zero-order valence-corrected chi connectivity index (χ0v) is 10.4. The van der Waals surface area contributed by atoms with E-state index in [-0.39, 0.29) is 0 Å². The third kappa shape index (κ3) is 3.46. The van der Waals surface area contributed by atoms with E-state index < -0.39 is 0 Å². The SMILES string of the molecule is CN1CCN(C[C@H]2CC[C@H](C)CC2)CC1. The molecule has 0 radical (unpaired) electrons. The maximum atomic E-state index is 2.68. The minimum atomic E-state index is 0.994. The highest BCUT2D eigenvalue weighted by molar-refractivity contribution is 4.76. The number of piperazine rings is 1. The van der Waals surface area contributed by atoms with Crippen LogP contribution in [0.2, 0.25) is 0 Å². The fraction of sp³-hybridized carbons (Fsp3) is 1.00. The fourth-order valence-electron chi connectivity index (χ4n) is 2.91. The van der Waals surface area contributed by atoms with Crippen LogP contribution in [0.15, 0.2) is 0 Å². The van der Waals surface area contributed by atoms with Crippen LogP contribution in [0.25, 0.3) is 0 Å². The molecule has 0 unspecified atom stereocenters. The van der Waals surface area contributed by atoms with E-state index in [0.717, 1.165) is 11.8 Å². The third-order valence-corrected chi connectivity index (χ3v) is 4.25. The quantitative estimate of drug-likeness (QED) is 0.688. The van der Waals surface area contributed by atoms with E-state index in [2.05, 4.69) is 23.8 Å². The molecule has 1 saturated heterocycles. The Hall–Kier alpha value is -0.0800. The van der Waals surface area contributed by atoms with Gasteiger partial charge < -0.3 is 9.80 Å². The van der Waals surface area contributed by atoms with Gasteiger partial charge in [0.1, 0.15) is 0 Å². The Balaban J connectivity index is 1.68. The van der Waals surface area contributed by atoms with Gasteiger partial charge in [0.05, 0.1) is 0 Å². The molecule has 0 atom stereocenters. The summed E-state index contributed by atoms with van der Waals surface area (Å²) in [6.45, 7) is 8.91. The van der Waals surface area contributed by atoms with Crippen LogP contribution in [-0.2, 0) is 0 Å². The second-order valence-electron chi connectivity index (χ2n) is 5.73. The lowest BCUT2D eigenvalue weighted by Crippen LogP contribution is -2.46. The molecule has 2 rings (SSSR count). The summed E-state index contributed by atoms with van der Waals surface area (Å²) in [5.41, 5.74) is 0. The van der Waals surface area contributed by atoms with Crippen LogP contribution in [0, 0.1) is 11.8 Å². The van der Waals surface area contributed by atoms with Crippen molar-refractivity contribution in [3.63, 3.8) is 0 Å². The van der Waals surface area contributed by atoms with E-state index in [4.69, 9.17) is 0 Å². The first-order valence-corrected chi connectivity index (χ1v) is 6.65. The molecule has 0 aromatic heterocycles. The van der Waals surface area contributed by atoms with E-state index in [1.807, 2.05) is 0 Å². The zero-order chi connectivity index (χ0) is 10.7. The fourth-order valence-corrected chi connectivity index (χ4v) is 2.91. The van der Waals surface area contributed by atoms with Crippen LogP contribution in [0.1, 0.15) is 32.6 Å². The molecule has 2 fully saturated rings. The summed E-state index contributed by atoms with van der Waals surface area (Å²) >= 11 is 0. The predicted octanol–water partition coefficient (Wildman–Crippen LogP) is 2.06.